The average Bonchev–Trinajstić information content (AvgIpc) is 2.63. The van der Waals surface area contributed by atoms with Crippen molar-refractivity contribution < 1.29 is 15.2 Å². The highest BCUT2D eigenvalue weighted by Gasteiger charge is 2.57. The van der Waals surface area contributed by atoms with Gasteiger partial charge in [0.25, 0.3) is 0 Å². The highest BCUT2D eigenvalue weighted by atomic mass is 16.5. The van der Waals surface area contributed by atoms with E-state index in [0.29, 0.717) is 6.73 Å². The molecule has 4 heteroatoms. The molecule has 3 N–H and O–H groups in total. The Balaban J connectivity index is 2.60. The molecule has 0 aromatic rings. The van der Waals surface area contributed by atoms with E-state index >= 15 is 0 Å². The molecule has 1 atom stereocenters. The molecule has 0 radical (unpaired) electrons. The minimum absolute atomic E-state index is 0.278. The molecule has 0 aliphatic carbocycles. The molecule has 70 valence electrons. The first-order valence-corrected chi connectivity index (χ1v) is 4.05. The van der Waals surface area contributed by atoms with Crippen LogP contribution in [0, 0.1) is 0 Å². The third-order valence-corrected chi connectivity index (χ3v) is 2.52. The molecule has 0 fully saturated rings. The lowest BCUT2D eigenvalue weighted by Gasteiger charge is -2.28. The van der Waals surface area contributed by atoms with Gasteiger partial charge in [-0.05, 0) is 20.8 Å². The van der Waals surface area contributed by atoms with Crippen molar-refractivity contribution >= 4 is 5.90 Å². The van der Waals surface area contributed by atoms with Crippen LogP contribution in [0.15, 0.2) is 4.99 Å². The van der Waals surface area contributed by atoms with E-state index < -0.39 is 0 Å². The predicted octanol–water partition coefficient (Wildman–Crippen LogP) is -0.202. The normalized spacial score (nSPS) is 28.2. The Bertz CT molecular complexity index is 210. The average molecular weight is 173 g/mol. The molecular formula is C8H17N2O2+. The van der Waals surface area contributed by atoms with Crippen LogP contribution in [0.4, 0.5) is 0 Å². The summed E-state index contributed by atoms with van der Waals surface area (Å²) in [4.78, 5) is 4.24. The molecule has 0 spiro atoms. The largest absolute Gasteiger partial charge is 0.482 e. The van der Waals surface area contributed by atoms with Crippen LogP contribution in [0.25, 0.3) is 0 Å². The van der Waals surface area contributed by atoms with Crippen molar-refractivity contribution in [2.24, 2.45) is 4.99 Å². The van der Waals surface area contributed by atoms with E-state index in [4.69, 9.17) is 9.47 Å². The molecule has 0 amide bonds. The van der Waals surface area contributed by atoms with Gasteiger partial charge in [0, 0.05) is 0 Å². The van der Waals surface area contributed by atoms with Crippen molar-refractivity contribution in [2.45, 2.75) is 31.9 Å². The smallest absolute Gasteiger partial charge is 0.215 e. The van der Waals surface area contributed by atoms with Gasteiger partial charge >= 0.3 is 0 Å². The molecule has 1 heterocycles. The summed E-state index contributed by atoms with van der Waals surface area (Å²) in [6.07, 6.45) is 0. The van der Waals surface area contributed by atoms with Crippen LogP contribution >= 0.6 is 0 Å². The number of ether oxygens (including phenoxy) is 2. The number of quaternary nitrogens is 1. The number of methoxy groups -OCH3 is 1. The number of aliphatic imine (C=N–C) groups is 1. The van der Waals surface area contributed by atoms with Crippen molar-refractivity contribution in [3.63, 3.8) is 0 Å². The Labute approximate surface area is 72.8 Å². The molecule has 0 saturated heterocycles. The van der Waals surface area contributed by atoms with Crippen molar-refractivity contribution in [3.8, 4) is 0 Å². The van der Waals surface area contributed by atoms with Crippen molar-refractivity contribution in [3.05, 3.63) is 0 Å². The molecular weight excluding hydrogens is 156 g/mol. The van der Waals surface area contributed by atoms with Gasteiger partial charge in [0.15, 0.2) is 12.3 Å². The molecule has 12 heavy (non-hydrogen) atoms. The first-order chi connectivity index (χ1) is 5.48. The first-order valence-electron chi connectivity index (χ1n) is 4.05. The Morgan fingerprint density at radius 3 is 2.50 bits per heavy atom. The summed E-state index contributed by atoms with van der Waals surface area (Å²) in [6.45, 7) is 6.44. The van der Waals surface area contributed by atoms with E-state index in [9.17, 15) is 0 Å². The standard InChI is InChI=1S/C8H16N2O2/c1-7(2,12-5-9)8(3)6(10-8)11-4/h5,9H2,1-4H3/p+1. The zero-order valence-corrected chi connectivity index (χ0v) is 8.18. The third kappa shape index (κ3) is 1.21. The fourth-order valence-electron chi connectivity index (χ4n) is 1.21. The highest BCUT2D eigenvalue weighted by molar-refractivity contribution is 5.99. The zero-order chi connectivity index (χ0) is 9.41. The zero-order valence-electron chi connectivity index (χ0n) is 8.18. The van der Waals surface area contributed by atoms with Crippen LogP contribution in [0.5, 0.6) is 0 Å². The van der Waals surface area contributed by atoms with Gasteiger partial charge in [-0.2, -0.15) is 0 Å². The number of hydrogen-bond acceptors (Lipinski definition) is 3. The fourth-order valence-corrected chi connectivity index (χ4v) is 1.21. The Morgan fingerprint density at radius 1 is 1.58 bits per heavy atom. The minimum Gasteiger partial charge on any atom is -0.482 e. The summed E-state index contributed by atoms with van der Waals surface area (Å²) in [7, 11) is 1.63. The van der Waals surface area contributed by atoms with Gasteiger partial charge in [0.2, 0.25) is 5.90 Å². The second-order valence-electron chi connectivity index (χ2n) is 3.55. The van der Waals surface area contributed by atoms with Gasteiger partial charge < -0.3 is 15.2 Å². The van der Waals surface area contributed by atoms with Gasteiger partial charge in [-0.25, -0.2) is 4.99 Å². The topological polar surface area (TPSA) is 58.5 Å². The maximum absolute atomic E-state index is 5.48. The maximum Gasteiger partial charge on any atom is 0.215 e. The van der Waals surface area contributed by atoms with Gasteiger partial charge in [0.05, 0.1) is 7.11 Å². The van der Waals surface area contributed by atoms with Crippen molar-refractivity contribution in [2.75, 3.05) is 13.8 Å². The predicted molar refractivity (Wildman–Crippen MR) is 45.8 cm³/mol. The fraction of sp³-hybridized carbons (Fsp3) is 0.875. The molecule has 0 aromatic heterocycles. The minimum atomic E-state index is -0.319. The third-order valence-electron chi connectivity index (χ3n) is 2.52. The lowest BCUT2D eigenvalue weighted by Crippen LogP contribution is -2.57. The van der Waals surface area contributed by atoms with Crippen LogP contribution in [0.2, 0.25) is 0 Å². The van der Waals surface area contributed by atoms with Crippen LogP contribution < -0.4 is 5.73 Å². The summed E-state index contributed by atoms with van der Waals surface area (Å²) in [5.74, 6) is 0.765. The van der Waals surface area contributed by atoms with Crippen molar-refractivity contribution in [1.29, 1.82) is 0 Å². The summed E-state index contributed by atoms with van der Waals surface area (Å²) >= 11 is 0. The van der Waals surface area contributed by atoms with Gasteiger partial charge in [-0.3, -0.25) is 0 Å². The van der Waals surface area contributed by atoms with Crippen LogP contribution in [0.1, 0.15) is 20.8 Å². The SMILES string of the molecule is COC1=NC1(C)C(C)(C)OC[NH3+]. The lowest BCUT2D eigenvalue weighted by atomic mass is 9.90. The van der Waals surface area contributed by atoms with Gasteiger partial charge in [0.1, 0.15) is 5.60 Å². The van der Waals surface area contributed by atoms with E-state index in [0.717, 1.165) is 5.90 Å². The molecule has 1 unspecified atom stereocenters. The number of rotatable bonds is 3. The Hall–Kier alpha value is -0.610. The van der Waals surface area contributed by atoms with E-state index in [2.05, 4.69) is 10.7 Å². The summed E-state index contributed by atoms with van der Waals surface area (Å²) in [5.41, 5.74) is 3.05. The van der Waals surface area contributed by atoms with E-state index in [1.165, 1.54) is 0 Å². The Morgan fingerprint density at radius 2 is 2.17 bits per heavy atom. The van der Waals surface area contributed by atoms with Crippen molar-refractivity contribution in [1.82, 2.24) is 0 Å². The summed E-state index contributed by atoms with van der Waals surface area (Å²) in [6, 6.07) is 0. The van der Waals surface area contributed by atoms with Crippen LogP contribution in [-0.4, -0.2) is 30.9 Å². The maximum atomic E-state index is 5.48. The summed E-state index contributed by atoms with van der Waals surface area (Å²) < 4.78 is 10.5. The van der Waals surface area contributed by atoms with Crippen LogP contribution in [-0.2, 0) is 9.47 Å². The second kappa shape index (κ2) is 2.71. The molecule has 1 aliphatic heterocycles. The Kier molecular flexibility index (Phi) is 2.14. The van der Waals surface area contributed by atoms with E-state index in [-0.39, 0.29) is 11.1 Å². The molecule has 1 rings (SSSR count). The quantitative estimate of drug-likeness (QED) is 0.601. The molecule has 0 bridgehead atoms. The van der Waals surface area contributed by atoms with Gasteiger partial charge in [-0.15, -0.1) is 0 Å². The molecule has 4 nitrogen and oxygen atoms in total. The number of nitrogens with zero attached hydrogens (tertiary/aromatic N) is 1. The van der Waals surface area contributed by atoms with E-state index in [1.807, 2.05) is 20.8 Å². The monoisotopic (exact) mass is 173 g/mol. The van der Waals surface area contributed by atoms with Gasteiger partial charge in [-0.1, -0.05) is 0 Å². The molecule has 1 aliphatic rings. The first kappa shape index (κ1) is 9.48. The highest BCUT2D eigenvalue weighted by Crippen LogP contribution is 2.40. The summed E-state index contributed by atoms with van der Waals surface area (Å²) in [5, 5.41) is 0. The molecule has 0 saturated carbocycles. The number of hydrogen-bond donors (Lipinski definition) is 1. The van der Waals surface area contributed by atoms with E-state index in [1.54, 1.807) is 7.11 Å². The molecule has 0 aromatic carbocycles. The lowest BCUT2D eigenvalue weighted by molar-refractivity contribution is -0.445. The second-order valence-corrected chi connectivity index (χ2v) is 3.55. The van der Waals surface area contributed by atoms with Crippen LogP contribution in [0.3, 0.4) is 0 Å².